The van der Waals surface area contributed by atoms with Crippen LogP contribution in [0.2, 0.25) is 0 Å². The van der Waals surface area contributed by atoms with Crippen LogP contribution in [0.25, 0.3) is 11.1 Å². The number of aliphatic hydroxyl groups excluding tert-OH is 1. The lowest BCUT2D eigenvalue weighted by Gasteiger charge is -2.31. The normalized spacial score (nSPS) is 17.0. The van der Waals surface area contributed by atoms with Gasteiger partial charge < -0.3 is 24.6 Å². The fourth-order valence-corrected chi connectivity index (χ4v) is 7.42. The molecule has 0 aromatic heterocycles. The van der Waals surface area contributed by atoms with Gasteiger partial charge in [0.2, 0.25) is 5.90 Å². The van der Waals surface area contributed by atoms with E-state index in [4.69, 9.17) is 19.6 Å². The summed E-state index contributed by atoms with van der Waals surface area (Å²) in [6.45, 7) is 0.187. The minimum absolute atomic E-state index is 0.0155. The summed E-state index contributed by atoms with van der Waals surface area (Å²) in [5.41, 5.74) is 1.62. The molecular weight excluding hydrogens is 722 g/mol. The largest absolute Gasteiger partial charge is 0.573 e. The maximum atomic E-state index is 14.6. The number of hydrogen-bond acceptors (Lipinski definition) is 8. The predicted octanol–water partition coefficient (Wildman–Crippen LogP) is 7.45. The Morgan fingerprint density at radius 2 is 1.39 bits per heavy atom. The van der Waals surface area contributed by atoms with Gasteiger partial charge in [0.1, 0.15) is 11.5 Å². The highest BCUT2D eigenvalue weighted by atomic mass is 32.2. The third-order valence-electron chi connectivity index (χ3n) is 8.81. The van der Waals surface area contributed by atoms with Crippen LogP contribution >= 0.6 is 0 Å². The third kappa shape index (κ3) is 9.28. The maximum Gasteiger partial charge on any atom is 0.573 e. The van der Waals surface area contributed by atoms with E-state index in [2.05, 4.69) is 10.1 Å². The average molecular weight is 759 g/mol. The zero-order chi connectivity index (χ0) is 38.2. The number of rotatable bonds is 15. The summed E-state index contributed by atoms with van der Waals surface area (Å²) in [6, 6.07) is 36.9. The van der Waals surface area contributed by atoms with Crippen LogP contribution in [0, 0.1) is 0 Å². The number of nitrogens with zero attached hydrogens (tertiary/aromatic N) is 1. The fraction of sp³-hybridized carbons (Fsp3) is 0.220. The van der Waals surface area contributed by atoms with Crippen molar-refractivity contribution in [3.63, 3.8) is 0 Å². The zero-order valence-electron chi connectivity index (χ0n) is 28.9. The molecule has 2 atom stereocenters. The number of sulfone groups is 1. The molecule has 9 nitrogen and oxygen atoms in total. The first-order valence-corrected chi connectivity index (χ1v) is 18.8. The third-order valence-corrected chi connectivity index (χ3v) is 10.5. The number of carbonyl (C=O) groups excluding carboxylic acids is 1. The summed E-state index contributed by atoms with van der Waals surface area (Å²) in [4.78, 5) is 19.6. The molecule has 0 spiro atoms. The van der Waals surface area contributed by atoms with E-state index in [1.165, 1.54) is 24.3 Å². The highest BCUT2D eigenvalue weighted by molar-refractivity contribution is 7.91. The van der Waals surface area contributed by atoms with Crippen LogP contribution in [-0.4, -0.2) is 56.2 Å². The molecule has 0 aliphatic carbocycles. The molecule has 6 rings (SSSR count). The number of aliphatic imine (C=N–C) groups is 1. The predicted molar refractivity (Wildman–Crippen MR) is 197 cm³/mol. The molecule has 0 saturated heterocycles. The summed E-state index contributed by atoms with van der Waals surface area (Å²) in [7, 11) is -3.90. The number of alkyl halides is 3. The van der Waals surface area contributed by atoms with E-state index >= 15 is 0 Å². The maximum absolute atomic E-state index is 14.6. The van der Waals surface area contributed by atoms with Gasteiger partial charge in [0.05, 0.1) is 17.3 Å². The minimum atomic E-state index is -4.86. The molecule has 13 heteroatoms. The van der Waals surface area contributed by atoms with E-state index in [0.717, 1.165) is 23.3 Å². The average Bonchev–Trinajstić information content (AvgIpc) is 3.58. The lowest BCUT2D eigenvalue weighted by atomic mass is 9.84. The van der Waals surface area contributed by atoms with Crippen molar-refractivity contribution in [1.82, 2.24) is 5.32 Å². The minimum Gasteiger partial charge on any atom is -0.494 e. The van der Waals surface area contributed by atoms with Gasteiger partial charge in [-0.2, -0.15) is 0 Å². The van der Waals surface area contributed by atoms with Crippen molar-refractivity contribution in [1.29, 1.82) is 0 Å². The van der Waals surface area contributed by atoms with Crippen LogP contribution in [0.15, 0.2) is 143 Å². The first-order valence-electron chi connectivity index (χ1n) is 17.1. The Hall–Kier alpha value is -5.66. The number of ether oxygens (including phenoxy) is 3. The Morgan fingerprint density at radius 3 is 2.02 bits per heavy atom. The van der Waals surface area contributed by atoms with Crippen LogP contribution in [0.1, 0.15) is 35.6 Å². The van der Waals surface area contributed by atoms with Crippen LogP contribution < -0.4 is 14.8 Å². The van der Waals surface area contributed by atoms with Crippen LogP contribution in [0.4, 0.5) is 13.2 Å². The first-order chi connectivity index (χ1) is 26.0. The number of benzene rings is 5. The van der Waals surface area contributed by atoms with Crippen molar-refractivity contribution >= 4 is 21.6 Å². The SMILES string of the molecule is O=C(NCc1ccc(OC(F)(F)F)cc1)[C@]1(CCS(=O)(=O)c2ccccc2)N=C(c2ccc(OCCCO)cc2)O[C@@H]1c1ccc(-c2ccccc2)cc1. The number of aliphatic hydroxyl groups is 1. The van der Waals surface area contributed by atoms with E-state index in [0.29, 0.717) is 35.5 Å². The molecule has 5 aromatic rings. The van der Waals surface area contributed by atoms with Crippen LogP contribution in [0.3, 0.4) is 0 Å². The lowest BCUT2D eigenvalue weighted by Crippen LogP contribution is -2.49. The Labute approximate surface area is 311 Å². The molecule has 280 valence electrons. The van der Waals surface area contributed by atoms with Gasteiger partial charge in [0.25, 0.3) is 5.91 Å². The van der Waals surface area contributed by atoms with Crippen LogP contribution in [0.5, 0.6) is 11.5 Å². The smallest absolute Gasteiger partial charge is 0.494 e. The number of hydrogen-bond donors (Lipinski definition) is 2. The molecule has 1 heterocycles. The standard InChI is InChI=1S/C41H37F3N2O7S/c42-41(43,44)53-35-20-12-29(13-21-35)28-45-39(48)40(24-27-54(49,50)36-10-5-2-6-11-36)37(32-16-14-31(15-17-32)30-8-3-1-4-9-30)52-38(46-40)33-18-22-34(23-19-33)51-26-7-25-47/h1-6,8-23,37,47H,7,24-28H2,(H,45,48)/t37-,40-/m1/s1. The molecule has 0 radical (unpaired) electrons. The molecule has 54 heavy (non-hydrogen) atoms. The van der Waals surface area contributed by atoms with Crippen molar-refractivity contribution < 1.29 is 45.7 Å². The number of amides is 1. The molecular formula is C41H37F3N2O7S. The second kappa shape index (κ2) is 16.6. The lowest BCUT2D eigenvalue weighted by molar-refractivity contribution is -0.274. The molecule has 1 amide bonds. The van der Waals surface area contributed by atoms with Gasteiger partial charge in [-0.05, 0) is 70.8 Å². The Morgan fingerprint density at radius 1 is 0.796 bits per heavy atom. The van der Waals surface area contributed by atoms with Crippen molar-refractivity contribution in [3.05, 3.63) is 150 Å². The highest BCUT2D eigenvalue weighted by Crippen LogP contribution is 2.43. The van der Waals surface area contributed by atoms with Crippen LogP contribution in [-0.2, 0) is 25.9 Å². The molecule has 0 fully saturated rings. The van der Waals surface area contributed by atoms with Gasteiger partial charge in [0, 0.05) is 31.6 Å². The molecule has 5 aromatic carbocycles. The molecule has 2 N–H and O–H groups in total. The van der Waals surface area contributed by atoms with Gasteiger partial charge in [-0.15, -0.1) is 13.2 Å². The van der Waals surface area contributed by atoms with E-state index < -0.39 is 45.3 Å². The molecule has 1 aliphatic heterocycles. The summed E-state index contributed by atoms with van der Waals surface area (Å²) in [6.07, 6.45) is -5.75. The first kappa shape index (κ1) is 38.1. The van der Waals surface area contributed by atoms with Crippen molar-refractivity contribution in [3.8, 4) is 22.6 Å². The summed E-state index contributed by atoms with van der Waals surface area (Å²) >= 11 is 0. The van der Waals surface area contributed by atoms with Gasteiger partial charge in [0.15, 0.2) is 21.5 Å². The summed E-state index contributed by atoms with van der Waals surface area (Å²) in [5.74, 6) is -0.858. The Bertz CT molecular complexity index is 2150. The van der Waals surface area contributed by atoms with Crippen molar-refractivity contribution in [2.75, 3.05) is 19.0 Å². The molecule has 0 saturated carbocycles. The molecule has 0 bridgehead atoms. The second-order valence-corrected chi connectivity index (χ2v) is 14.6. The Kier molecular flexibility index (Phi) is 11.7. The van der Waals surface area contributed by atoms with E-state index in [1.54, 1.807) is 42.5 Å². The molecule has 1 aliphatic rings. The van der Waals surface area contributed by atoms with Crippen molar-refractivity contribution in [2.45, 2.75) is 42.3 Å². The van der Waals surface area contributed by atoms with Gasteiger partial charge in [-0.3, -0.25) is 4.79 Å². The molecule has 0 unspecified atom stereocenters. The van der Waals surface area contributed by atoms with E-state index in [-0.39, 0.29) is 30.4 Å². The zero-order valence-corrected chi connectivity index (χ0v) is 29.7. The van der Waals surface area contributed by atoms with Gasteiger partial charge in [-0.1, -0.05) is 84.9 Å². The van der Waals surface area contributed by atoms with Crippen molar-refractivity contribution in [2.24, 2.45) is 4.99 Å². The monoisotopic (exact) mass is 758 g/mol. The Balaban J connectivity index is 1.38. The van der Waals surface area contributed by atoms with E-state index in [1.807, 2.05) is 54.6 Å². The summed E-state index contributed by atoms with van der Waals surface area (Å²) < 4.78 is 81.7. The van der Waals surface area contributed by atoms with E-state index in [9.17, 15) is 26.4 Å². The number of carbonyl (C=O) groups is 1. The highest BCUT2D eigenvalue weighted by Gasteiger charge is 2.53. The number of halogens is 3. The van der Waals surface area contributed by atoms with Gasteiger partial charge >= 0.3 is 6.36 Å². The topological polar surface area (TPSA) is 124 Å². The number of nitrogens with one attached hydrogen (secondary N) is 1. The van der Waals surface area contributed by atoms with Gasteiger partial charge in [-0.25, -0.2) is 13.4 Å². The summed E-state index contributed by atoms with van der Waals surface area (Å²) in [5, 5.41) is 12.0. The second-order valence-electron chi connectivity index (χ2n) is 12.5. The fourth-order valence-electron chi connectivity index (χ4n) is 6.03. The quantitative estimate of drug-likeness (QED) is 0.106.